The number of hydrogen-bond donors (Lipinski definition) is 2. The number of anilines is 2. The van der Waals surface area contributed by atoms with Gasteiger partial charge in [0, 0.05) is 18.1 Å². The second-order valence-corrected chi connectivity index (χ2v) is 6.22. The van der Waals surface area contributed by atoms with Crippen LogP contribution in [0, 0.1) is 0 Å². The number of benzene rings is 1. The number of carboxylic acid groups (broad SMARTS) is 1. The van der Waals surface area contributed by atoms with Crippen LogP contribution in [0.1, 0.15) is 11.1 Å². The second-order valence-electron chi connectivity index (χ2n) is 5.25. The predicted molar refractivity (Wildman–Crippen MR) is 89.8 cm³/mol. The Labute approximate surface area is 140 Å². The van der Waals surface area contributed by atoms with Crippen molar-refractivity contribution in [3.8, 4) is 10.7 Å². The standard InChI is InChI=1S/C15H12N6O2S/c22-13(23)7-21-6-12(17-8-21)14-19-20-15(24-14)18-11-2-1-9-4-16-5-10(9)3-11/h1-3,5-6,8H,4,7H2,(H,18,20)(H,22,23). The molecule has 2 aromatic heterocycles. The van der Waals surface area contributed by atoms with Crippen molar-refractivity contribution in [1.82, 2.24) is 19.7 Å². The van der Waals surface area contributed by atoms with Crippen LogP contribution in [0.15, 0.2) is 35.7 Å². The first-order valence-corrected chi connectivity index (χ1v) is 7.96. The summed E-state index contributed by atoms with van der Waals surface area (Å²) in [5.74, 6) is -0.918. The van der Waals surface area contributed by atoms with Gasteiger partial charge in [0.15, 0.2) is 5.01 Å². The Hall–Kier alpha value is -3.07. The first-order chi connectivity index (χ1) is 11.7. The number of aliphatic imine (C=N–C) groups is 1. The number of imidazole rings is 1. The van der Waals surface area contributed by atoms with E-state index < -0.39 is 5.97 Å². The highest BCUT2D eigenvalue weighted by molar-refractivity contribution is 7.18. The largest absolute Gasteiger partial charge is 0.480 e. The molecule has 9 heteroatoms. The Morgan fingerprint density at radius 1 is 1.38 bits per heavy atom. The number of rotatable bonds is 5. The van der Waals surface area contributed by atoms with Gasteiger partial charge in [0.05, 0.1) is 12.9 Å². The lowest BCUT2D eigenvalue weighted by atomic mass is 10.1. The molecule has 0 saturated heterocycles. The molecule has 0 radical (unpaired) electrons. The molecule has 0 bridgehead atoms. The number of nitrogens with one attached hydrogen (secondary N) is 1. The van der Waals surface area contributed by atoms with Gasteiger partial charge in [0.2, 0.25) is 5.13 Å². The molecular formula is C15H12N6O2S. The van der Waals surface area contributed by atoms with Crippen LogP contribution in [-0.2, 0) is 17.9 Å². The van der Waals surface area contributed by atoms with Gasteiger partial charge in [-0.1, -0.05) is 17.4 Å². The van der Waals surface area contributed by atoms with E-state index in [1.807, 2.05) is 24.4 Å². The summed E-state index contributed by atoms with van der Waals surface area (Å²) in [5.41, 5.74) is 3.84. The van der Waals surface area contributed by atoms with Crippen molar-refractivity contribution >= 4 is 34.3 Å². The van der Waals surface area contributed by atoms with Gasteiger partial charge in [-0.05, 0) is 23.3 Å². The van der Waals surface area contributed by atoms with E-state index in [9.17, 15) is 4.79 Å². The Balaban J connectivity index is 1.51. The molecule has 2 N–H and O–H groups in total. The van der Waals surface area contributed by atoms with Gasteiger partial charge >= 0.3 is 5.97 Å². The average Bonchev–Trinajstić information content (AvgIpc) is 3.26. The Kier molecular flexibility index (Phi) is 3.54. The van der Waals surface area contributed by atoms with Crippen molar-refractivity contribution in [2.45, 2.75) is 13.1 Å². The van der Waals surface area contributed by atoms with Crippen molar-refractivity contribution in [3.05, 3.63) is 41.9 Å². The molecule has 1 aliphatic rings. The third kappa shape index (κ3) is 2.88. The van der Waals surface area contributed by atoms with Crippen molar-refractivity contribution in [2.24, 2.45) is 4.99 Å². The highest BCUT2D eigenvalue weighted by atomic mass is 32.1. The molecule has 0 aliphatic carbocycles. The lowest BCUT2D eigenvalue weighted by Crippen LogP contribution is -2.06. The maximum absolute atomic E-state index is 10.7. The van der Waals surface area contributed by atoms with Crippen LogP contribution >= 0.6 is 11.3 Å². The van der Waals surface area contributed by atoms with Crippen LogP contribution < -0.4 is 5.32 Å². The van der Waals surface area contributed by atoms with Crippen molar-refractivity contribution in [2.75, 3.05) is 5.32 Å². The molecule has 1 aromatic carbocycles. The summed E-state index contributed by atoms with van der Waals surface area (Å²) >= 11 is 1.36. The molecule has 8 nitrogen and oxygen atoms in total. The molecule has 3 aromatic rings. The number of carbonyl (C=O) groups is 1. The first kappa shape index (κ1) is 14.5. The SMILES string of the molecule is O=C(O)Cn1cnc(-c2nnc(Nc3ccc4c(c3)C=NC4)s2)c1. The second kappa shape index (κ2) is 5.85. The zero-order valence-corrected chi connectivity index (χ0v) is 13.2. The molecule has 0 unspecified atom stereocenters. The van der Waals surface area contributed by atoms with Crippen LogP contribution in [0.5, 0.6) is 0 Å². The minimum atomic E-state index is -0.918. The normalized spacial score (nSPS) is 12.3. The lowest BCUT2D eigenvalue weighted by molar-refractivity contribution is -0.137. The predicted octanol–water partition coefficient (Wildman–Crippen LogP) is 2.16. The summed E-state index contributed by atoms with van der Waals surface area (Å²) in [6.45, 7) is 0.602. The summed E-state index contributed by atoms with van der Waals surface area (Å²) in [6, 6.07) is 6.05. The van der Waals surface area contributed by atoms with Crippen molar-refractivity contribution < 1.29 is 9.90 Å². The number of aromatic nitrogens is 4. The van der Waals surface area contributed by atoms with Crippen LogP contribution in [0.2, 0.25) is 0 Å². The van der Waals surface area contributed by atoms with E-state index in [1.165, 1.54) is 27.8 Å². The molecule has 24 heavy (non-hydrogen) atoms. The summed E-state index contributed by atoms with van der Waals surface area (Å²) in [5, 5.41) is 21.5. The molecule has 3 heterocycles. The monoisotopic (exact) mass is 340 g/mol. The van der Waals surface area contributed by atoms with E-state index in [0.29, 0.717) is 15.8 Å². The minimum absolute atomic E-state index is 0.131. The molecule has 120 valence electrons. The van der Waals surface area contributed by atoms with Crippen LogP contribution in [0.25, 0.3) is 10.7 Å². The first-order valence-electron chi connectivity index (χ1n) is 7.14. The van der Waals surface area contributed by atoms with Gasteiger partial charge in [-0.15, -0.1) is 10.2 Å². The van der Waals surface area contributed by atoms with E-state index in [-0.39, 0.29) is 6.54 Å². The molecule has 0 spiro atoms. The lowest BCUT2D eigenvalue weighted by Gasteiger charge is -2.03. The zero-order chi connectivity index (χ0) is 16.5. The number of nitrogens with zero attached hydrogens (tertiary/aromatic N) is 5. The zero-order valence-electron chi connectivity index (χ0n) is 12.4. The highest BCUT2D eigenvalue weighted by Gasteiger charge is 2.12. The fourth-order valence-corrected chi connectivity index (χ4v) is 3.12. The quantitative estimate of drug-likeness (QED) is 0.737. The highest BCUT2D eigenvalue weighted by Crippen LogP contribution is 2.28. The minimum Gasteiger partial charge on any atom is -0.480 e. The molecule has 0 atom stereocenters. The Morgan fingerprint density at radius 2 is 2.29 bits per heavy atom. The number of hydrogen-bond acceptors (Lipinski definition) is 7. The smallest absolute Gasteiger partial charge is 0.323 e. The molecular weight excluding hydrogens is 328 g/mol. The van der Waals surface area contributed by atoms with Crippen molar-refractivity contribution in [1.29, 1.82) is 0 Å². The molecule has 0 saturated carbocycles. The number of aliphatic carboxylic acids is 1. The summed E-state index contributed by atoms with van der Waals surface area (Å²) in [7, 11) is 0. The maximum atomic E-state index is 10.7. The summed E-state index contributed by atoms with van der Waals surface area (Å²) in [4.78, 5) is 19.1. The molecule has 0 fully saturated rings. The molecule has 4 rings (SSSR count). The van der Waals surface area contributed by atoms with Gasteiger partial charge in [-0.3, -0.25) is 9.79 Å². The van der Waals surface area contributed by atoms with E-state index in [0.717, 1.165) is 17.8 Å². The van der Waals surface area contributed by atoms with Gasteiger partial charge in [-0.25, -0.2) is 4.98 Å². The fraction of sp³-hybridized carbons (Fsp3) is 0.133. The Morgan fingerprint density at radius 3 is 3.17 bits per heavy atom. The fourth-order valence-electron chi connectivity index (χ4n) is 2.39. The third-order valence-corrected chi connectivity index (χ3v) is 4.35. The van der Waals surface area contributed by atoms with Gasteiger partial charge < -0.3 is 15.0 Å². The van der Waals surface area contributed by atoms with Gasteiger partial charge in [0.25, 0.3) is 0 Å². The van der Waals surface area contributed by atoms with Crippen LogP contribution in [-0.4, -0.2) is 37.0 Å². The van der Waals surface area contributed by atoms with Crippen LogP contribution in [0.3, 0.4) is 0 Å². The maximum Gasteiger partial charge on any atom is 0.323 e. The van der Waals surface area contributed by atoms with Crippen LogP contribution in [0.4, 0.5) is 10.8 Å². The number of fused-ring (bicyclic) bond motifs is 1. The topological polar surface area (TPSA) is 105 Å². The summed E-state index contributed by atoms with van der Waals surface area (Å²) < 4.78 is 1.49. The van der Waals surface area contributed by atoms with E-state index in [2.05, 4.69) is 25.5 Å². The average molecular weight is 340 g/mol. The third-order valence-electron chi connectivity index (χ3n) is 3.48. The number of carboxylic acids is 1. The van der Waals surface area contributed by atoms with E-state index in [1.54, 1.807) is 6.20 Å². The van der Waals surface area contributed by atoms with E-state index >= 15 is 0 Å². The summed E-state index contributed by atoms with van der Waals surface area (Å²) in [6.07, 6.45) is 4.98. The molecule has 0 amide bonds. The Bertz CT molecular complexity index is 945. The molecule has 1 aliphatic heterocycles. The van der Waals surface area contributed by atoms with Gasteiger partial charge in [-0.2, -0.15) is 0 Å². The van der Waals surface area contributed by atoms with Crippen molar-refractivity contribution in [3.63, 3.8) is 0 Å². The van der Waals surface area contributed by atoms with E-state index in [4.69, 9.17) is 5.11 Å². The van der Waals surface area contributed by atoms with Gasteiger partial charge in [0.1, 0.15) is 12.2 Å².